The molecule has 0 heterocycles. The Kier molecular flexibility index (Phi) is 3.75. The van der Waals surface area contributed by atoms with Gasteiger partial charge in [-0.1, -0.05) is 15.9 Å². The van der Waals surface area contributed by atoms with E-state index in [0.717, 1.165) is 6.07 Å². The minimum absolute atomic E-state index is 0.117. The van der Waals surface area contributed by atoms with Crippen molar-refractivity contribution in [2.45, 2.75) is 0 Å². The number of rotatable bonds is 3. The van der Waals surface area contributed by atoms with E-state index < -0.39 is 16.6 Å². The molecule has 4 nitrogen and oxygen atoms in total. The number of ether oxygens (including phenoxy) is 1. The quantitative estimate of drug-likeness (QED) is 0.475. The van der Waals surface area contributed by atoms with E-state index in [4.69, 9.17) is 4.74 Å². The lowest BCUT2D eigenvalue weighted by Gasteiger charge is -2.07. The summed E-state index contributed by atoms with van der Waals surface area (Å²) in [6.07, 6.45) is 0. The summed E-state index contributed by atoms with van der Waals surface area (Å²) in [6, 6.07) is 7.26. The molecule has 0 aliphatic carbocycles. The van der Waals surface area contributed by atoms with E-state index in [1.807, 2.05) is 0 Å². The van der Waals surface area contributed by atoms with Crippen LogP contribution in [0.4, 0.5) is 14.5 Å². The average Bonchev–Trinajstić information content (AvgIpc) is 2.36. The zero-order valence-corrected chi connectivity index (χ0v) is 10.9. The summed E-state index contributed by atoms with van der Waals surface area (Å²) < 4.78 is 32.0. The highest BCUT2D eigenvalue weighted by Crippen LogP contribution is 2.30. The van der Waals surface area contributed by atoms with E-state index in [1.54, 1.807) is 0 Å². The fraction of sp³-hybridized carbons (Fsp3) is 0. The van der Waals surface area contributed by atoms with E-state index in [9.17, 15) is 18.9 Å². The topological polar surface area (TPSA) is 52.4 Å². The molecule has 0 aliphatic heterocycles. The lowest BCUT2D eigenvalue weighted by atomic mass is 10.3. The van der Waals surface area contributed by atoms with Crippen LogP contribution >= 0.6 is 15.9 Å². The fourth-order valence-corrected chi connectivity index (χ4v) is 1.78. The monoisotopic (exact) mass is 329 g/mol. The van der Waals surface area contributed by atoms with Crippen molar-refractivity contribution in [2.75, 3.05) is 0 Å². The Morgan fingerprint density at radius 1 is 1.16 bits per heavy atom. The van der Waals surface area contributed by atoms with Gasteiger partial charge in [0.25, 0.3) is 5.69 Å². The van der Waals surface area contributed by atoms with E-state index in [2.05, 4.69) is 15.9 Å². The van der Waals surface area contributed by atoms with E-state index in [0.29, 0.717) is 4.47 Å². The normalized spacial score (nSPS) is 10.3. The number of non-ortho nitro benzene ring substituents is 1. The fourth-order valence-electron chi connectivity index (χ4n) is 1.37. The SMILES string of the molecule is O=[N+]([O-])c1ccc(Oc2cc(Br)cc(F)c2F)cc1. The molecule has 2 aromatic rings. The standard InChI is InChI=1S/C12H6BrF2NO3/c13-7-5-10(14)12(15)11(6-7)19-9-3-1-8(2-4-9)16(17)18/h1-6H. The van der Waals surface area contributed by atoms with Gasteiger partial charge in [0, 0.05) is 16.6 Å². The van der Waals surface area contributed by atoms with Crippen LogP contribution in [0.2, 0.25) is 0 Å². The highest BCUT2D eigenvalue weighted by Gasteiger charge is 2.13. The Balaban J connectivity index is 2.28. The maximum atomic E-state index is 13.4. The second-order valence-corrected chi connectivity index (χ2v) is 4.47. The number of nitrogens with zero attached hydrogens (tertiary/aromatic N) is 1. The highest BCUT2D eigenvalue weighted by molar-refractivity contribution is 9.10. The van der Waals surface area contributed by atoms with Crippen LogP contribution in [-0.4, -0.2) is 4.92 Å². The molecule has 7 heteroatoms. The van der Waals surface area contributed by atoms with Gasteiger partial charge in [-0.25, -0.2) is 4.39 Å². The van der Waals surface area contributed by atoms with Gasteiger partial charge in [-0.15, -0.1) is 0 Å². The van der Waals surface area contributed by atoms with Crippen molar-refractivity contribution in [1.82, 2.24) is 0 Å². The maximum Gasteiger partial charge on any atom is 0.269 e. The van der Waals surface area contributed by atoms with Crippen LogP contribution in [0.15, 0.2) is 40.9 Å². The summed E-state index contributed by atoms with van der Waals surface area (Å²) >= 11 is 3.02. The summed E-state index contributed by atoms with van der Waals surface area (Å²) in [5, 5.41) is 10.5. The number of hydrogen-bond donors (Lipinski definition) is 0. The van der Waals surface area contributed by atoms with Gasteiger partial charge >= 0.3 is 0 Å². The summed E-state index contributed by atoms with van der Waals surface area (Å²) in [5.41, 5.74) is -0.117. The third-order valence-electron chi connectivity index (χ3n) is 2.23. The lowest BCUT2D eigenvalue weighted by molar-refractivity contribution is -0.384. The molecule has 0 fully saturated rings. The summed E-state index contributed by atoms with van der Waals surface area (Å²) in [6.45, 7) is 0. The third kappa shape index (κ3) is 3.05. The minimum Gasteiger partial charge on any atom is -0.454 e. The first kappa shape index (κ1) is 13.4. The van der Waals surface area contributed by atoms with Gasteiger partial charge in [-0.2, -0.15) is 4.39 Å². The Hall–Kier alpha value is -2.02. The first-order chi connectivity index (χ1) is 8.97. The Morgan fingerprint density at radius 3 is 2.37 bits per heavy atom. The van der Waals surface area contributed by atoms with Gasteiger partial charge in [-0.05, 0) is 24.3 Å². The predicted molar refractivity (Wildman–Crippen MR) is 67.2 cm³/mol. The van der Waals surface area contributed by atoms with Gasteiger partial charge in [0.1, 0.15) is 5.75 Å². The second kappa shape index (κ2) is 5.31. The van der Waals surface area contributed by atoms with Crippen molar-refractivity contribution in [3.05, 3.63) is 62.6 Å². The van der Waals surface area contributed by atoms with Crippen molar-refractivity contribution in [2.24, 2.45) is 0 Å². The summed E-state index contributed by atoms with van der Waals surface area (Å²) in [5.74, 6) is -2.31. The number of benzene rings is 2. The molecule has 0 N–H and O–H groups in total. The van der Waals surface area contributed by atoms with Crippen molar-refractivity contribution >= 4 is 21.6 Å². The van der Waals surface area contributed by atoms with Crippen LogP contribution in [0.3, 0.4) is 0 Å². The molecule has 0 saturated carbocycles. The van der Waals surface area contributed by atoms with E-state index in [-0.39, 0.29) is 17.2 Å². The van der Waals surface area contributed by atoms with Crippen molar-refractivity contribution in [1.29, 1.82) is 0 Å². The first-order valence-corrected chi connectivity index (χ1v) is 5.83. The van der Waals surface area contributed by atoms with Gasteiger partial charge < -0.3 is 4.74 Å². The van der Waals surface area contributed by atoms with Gasteiger partial charge in [0.15, 0.2) is 11.6 Å². The van der Waals surface area contributed by atoms with Crippen LogP contribution in [0, 0.1) is 21.7 Å². The Labute approximate surface area is 114 Å². The molecule has 0 radical (unpaired) electrons. The predicted octanol–water partition coefficient (Wildman–Crippen LogP) is 4.43. The van der Waals surface area contributed by atoms with Crippen LogP contribution < -0.4 is 4.74 Å². The minimum atomic E-state index is -1.12. The maximum absolute atomic E-state index is 13.4. The largest absolute Gasteiger partial charge is 0.454 e. The molecule has 2 aromatic carbocycles. The van der Waals surface area contributed by atoms with Gasteiger partial charge in [0.2, 0.25) is 5.82 Å². The number of nitro groups is 1. The highest BCUT2D eigenvalue weighted by atomic mass is 79.9. The number of nitro benzene ring substituents is 1. The van der Waals surface area contributed by atoms with Crippen LogP contribution in [-0.2, 0) is 0 Å². The van der Waals surface area contributed by atoms with Gasteiger partial charge in [-0.3, -0.25) is 10.1 Å². The zero-order chi connectivity index (χ0) is 14.0. The second-order valence-electron chi connectivity index (χ2n) is 3.55. The molecule has 0 saturated heterocycles. The van der Waals surface area contributed by atoms with E-state index in [1.165, 1.54) is 30.3 Å². The van der Waals surface area contributed by atoms with Crippen molar-refractivity contribution in [3.63, 3.8) is 0 Å². The molecule has 0 atom stereocenters. The Bertz CT molecular complexity index is 632. The van der Waals surface area contributed by atoms with E-state index >= 15 is 0 Å². The summed E-state index contributed by atoms with van der Waals surface area (Å²) in [4.78, 5) is 9.90. The lowest BCUT2D eigenvalue weighted by Crippen LogP contribution is -1.93. The molecular formula is C12H6BrF2NO3. The Morgan fingerprint density at radius 2 is 1.79 bits per heavy atom. The molecule has 0 spiro atoms. The molecule has 0 amide bonds. The molecule has 19 heavy (non-hydrogen) atoms. The molecule has 0 unspecified atom stereocenters. The molecular weight excluding hydrogens is 324 g/mol. The molecule has 2 rings (SSSR count). The molecule has 0 aliphatic rings. The van der Waals surface area contributed by atoms with Crippen LogP contribution in [0.25, 0.3) is 0 Å². The first-order valence-electron chi connectivity index (χ1n) is 5.04. The smallest absolute Gasteiger partial charge is 0.269 e. The zero-order valence-electron chi connectivity index (χ0n) is 9.27. The number of halogens is 3. The van der Waals surface area contributed by atoms with Crippen LogP contribution in [0.1, 0.15) is 0 Å². The van der Waals surface area contributed by atoms with Crippen molar-refractivity contribution < 1.29 is 18.4 Å². The van der Waals surface area contributed by atoms with Crippen LogP contribution in [0.5, 0.6) is 11.5 Å². The third-order valence-corrected chi connectivity index (χ3v) is 2.69. The molecule has 0 bridgehead atoms. The summed E-state index contributed by atoms with van der Waals surface area (Å²) in [7, 11) is 0. The number of hydrogen-bond acceptors (Lipinski definition) is 3. The van der Waals surface area contributed by atoms with Crippen molar-refractivity contribution in [3.8, 4) is 11.5 Å². The molecule has 0 aromatic heterocycles. The molecule has 98 valence electrons. The average molecular weight is 330 g/mol. The van der Waals surface area contributed by atoms with Gasteiger partial charge in [0.05, 0.1) is 4.92 Å².